The Balaban J connectivity index is 1.84. The molecule has 19 heavy (non-hydrogen) atoms. The van der Waals surface area contributed by atoms with Gasteiger partial charge in [0.1, 0.15) is 5.82 Å². The zero-order chi connectivity index (χ0) is 13.2. The van der Waals surface area contributed by atoms with Crippen molar-refractivity contribution in [3.05, 3.63) is 29.5 Å². The Morgan fingerprint density at radius 1 is 1.37 bits per heavy atom. The van der Waals surface area contributed by atoms with E-state index in [2.05, 4.69) is 22.2 Å². The number of benzene rings is 1. The van der Waals surface area contributed by atoms with Gasteiger partial charge in [-0.2, -0.15) is 0 Å². The minimum atomic E-state index is 0.275. The molecule has 100 valence electrons. The summed E-state index contributed by atoms with van der Waals surface area (Å²) in [5.74, 6) is 1.32. The van der Waals surface area contributed by atoms with Gasteiger partial charge in [-0.3, -0.25) is 0 Å². The SMILES string of the molecule is CC1OCCC1CNc1nc(Cl)nc2ccccc12. The average molecular weight is 278 g/mol. The van der Waals surface area contributed by atoms with Crippen molar-refractivity contribution in [3.63, 3.8) is 0 Å². The predicted molar refractivity (Wildman–Crippen MR) is 76.6 cm³/mol. The number of hydrogen-bond acceptors (Lipinski definition) is 4. The molecule has 1 aliphatic heterocycles. The molecule has 5 heteroatoms. The van der Waals surface area contributed by atoms with E-state index in [-0.39, 0.29) is 5.28 Å². The molecular weight excluding hydrogens is 262 g/mol. The van der Waals surface area contributed by atoms with Crippen LogP contribution in [0.2, 0.25) is 5.28 Å². The van der Waals surface area contributed by atoms with Gasteiger partial charge in [0.05, 0.1) is 11.6 Å². The highest BCUT2D eigenvalue weighted by molar-refractivity contribution is 6.28. The largest absolute Gasteiger partial charge is 0.378 e. The van der Waals surface area contributed by atoms with Crippen molar-refractivity contribution in [2.24, 2.45) is 5.92 Å². The van der Waals surface area contributed by atoms with E-state index < -0.39 is 0 Å². The highest BCUT2D eigenvalue weighted by Crippen LogP contribution is 2.24. The molecule has 0 spiro atoms. The summed E-state index contributed by atoms with van der Waals surface area (Å²) in [6.07, 6.45) is 1.39. The fraction of sp³-hybridized carbons (Fsp3) is 0.429. The molecule has 3 rings (SSSR count). The Kier molecular flexibility index (Phi) is 3.53. The molecule has 4 nitrogen and oxygen atoms in total. The van der Waals surface area contributed by atoms with Gasteiger partial charge < -0.3 is 10.1 Å². The molecule has 0 radical (unpaired) electrons. The second-order valence-electron chi connectivity index (χ2n) is 4.86. The highest BCUT2D eigenvalue weighted by Gasteiger charge is 2.24. The molecule has 1 aromatic carbocycles. The lowest BCUT2D eigenvalue weighted by Crippen LogP contribution is -2.21. The summed E-state index contributed by atoms with van der Waals surface area (Å²) in [4.78, 5) is 8.51. The number of hydrogen-bond donors (Lipinski definition) is 1. The Hall–Kier alpha value is -1.39. The smallest absolute Gasteiger partial charge is 0.224 e. The number of nitrogens with one attached hydrogen (secondary N) is 1. The van der Waals surface area contributed by atoms with Crippen LogP contribution in [-0.2, 0) is 4.74 Å². The van der Waals surface area contributed by atoms with Crippen LogP contribution in [0, 0.1) is 5.92 Å². The van der Waals surface area contributed by atoms with Gasteiger partial charge >= 0.3 is 0 Å². The number of anilines is 1. The monoisotopic (exact) mass is 277 g/mol. The van der Waals surface area contributed by atoms with E-state index in [1.54, 1.807) is 0 Å². The van der Waals surface area contributed by atoms with Crippen LogP contribution in [0.1, 0.15) is 13.3 Å². The third kappa shape index (κ3) is 2.65. The average Bonchev–Trinajstić information content (AvgIpc) is 2.81. The van der Waals surface area contributed by atoms with E-state index in [0.717, 1.165) is 36.3 Å². The molecule has 0 amide bonds. The maximum Gasteiger partial charge on any atom is 0.224 e. The number of ether oxygens (including phenoxy) is 1. The van der Waals surface area contributed by atoms with Crippen LogP contribution in [0.4, 0.5) is 5.82 Å². The van der Waals surface area contributed by atoms with Gasteiger partial charge in [-0.25, -0.2) is 9.97 Å². The lowest BCUT2D eigenvalue weighted by Gasteiger charge is -2.16. The maximum atomic E-state index is 5.96. The summed E-state index contributed by atoms with van der Waals surface area (Å²) >= 11 is 5.96. The molecule has 2 atom stereocenters. The van der Waals surface area contributed by atoms with Crippen molar-refractivity contribution in [1.82, 2.24) is 9.97 Å². The lowest BCUT2D eigenvalue weighted by molar-refractivity contribution is 0.108. The van der Waals surface area contributed by atoms with E-state index in [4.69, 9.17) is 16.3 Å². The van der Waals surface area contributed by atoms with Crippen molar-refractivity contribution in [2.45, 2.75) is 19.4 Å². The van der Waals surface area contributed by atoms with Crippen molar-refractivity contribution < 1.29 is 4.74 Å². The summed E-state index contributed by atoms with van der Waals surface area (Å²) in [5, 5.41) is 4.66. The van der Waals surface area contributed by atoms with Gasteiger partial charge in [0.25, 0.3) is 0 Å². The van der Waals surface area contributed by atoms with Gasteiger partial charge in [-0.1, -0.05) is 12.1 Å². The molecule has 0 aliphatic carbocycles. The zero-order valence-corrected chi connectivity index (χ0v) is 11.5. The molecule has 2 heterocycles. The molecule has 1 saturated heterocycles. The summed E-state index contributed by atoms with van der Waals surface area (Å²) in [7, 11) is 0. The second kappa shape index (κ2) is 5.31. The summed E-state index contributed by atoms with van der Waals surface area (Å²) in [6, 6.07) is 7.87. The number of para-hydroxylation sites is 1. The molecule has 2 unspecified atom stereocenters. The fourth-order valence-corrected chi connectivity index (χ4v) is 2.63. The van der Waals surface area contributed by atoms with Gasteiger partial charge in [0, 0.05) is 24.5 Å². The standard InChI is InChI=1S/C14H16ClN3O/c1-9-10(6-7-19-9)8-16-13-11-4-2-3-5-12(11)17-14(15)18-13/h2-5,9-10H,6-8H2,1H3,(H,16,17,18). The third-order valence-electron chi connectivity index (χ3n) is 3.64. The van der Waals surface area contributed by atoms with Crippen LogP contribution < -0.4 is 5.32 Å². The van der Waals surface area contributed by atoms with E-state index in [1.807, 2.05) is 24.3 Å². The van der Waals surface area contributed by atoms with Crippen LogP contribution >= 0.6 is 11.6 Å². The lowest BCUT2D eigenvalue weighted by atomic mass is 10.0. The normalized spacial score (nSPS) is 22.8. The van der Waals surface area contributed by atoms with Gasteiger partial charge in [0.2, 0.25) is 5.28 Å². The van der Waals surface area contributed by atoms with Crippen molar-refractivity contribution in [1.29, 1.82) is 0 Å². The predicted octanol–water partition coefficient (Wildman–Crippen LogP) is 3.12. The van der Waals surface area contributed by atoms with Crippen molar-refractivity contribution >= 4 is 28.3 Å². The summed E-state index contributed by atoms with van der Waals surface area (Å²) in [5.41, 5.74) is 0.862. The first kappa shape index (κ1) is 12.6. The minimum Gasteiger partial charge on any atom is -0.378 e. The van der Waals surface area contributed by atoms with Crippen LogP contribution in [0.3, 0.4) is 0 Å². The Labute approximate surface area is 117 Å². The number of rotatable bonds is 3. The van der Waals surface area contributed by atoms with Crippen molar-refractivity contribution in [3.8, 4) is 0 Å². The molecule has 1 N–H and O–H groups in total. The minimum absolute atomic E-state index is 0.275. The molecular formula is C14H16ClN3O. The van der Waals surface area contributed by atoms with Crippen LogP contribution in [-0.4, -0.2) is 29.2 Å². The van der Waals surface area contributed by atoms with Crippen LogP contribution in [0.25, 0.3) is 10.9 Å². The van der Waals surface area contributed by atoms with E-state index in [1.165, 1.54) is 0 Å². The van der Waals surface area contributed by atoms with Gasteiger partial charge in [-0.05, 0) is 37.1 Å². The number of halogens is 1. The van der Waals surface area contributed by atoms with Gasteiger partial charge in [-0.15, -0.1) is 0 Å². The molecule has 1 aliphatic rings. The maximum absolute atomic E-state index is 5.96. The van der Waals surface area contributed by atoms with E-state index in [0.29, 0.717) is 12.0 Å². The summed E-state index contributed by atoms with van der Waals surface area (Å²) in [6.45, 7) is 3.81. The molecule has 0 saturated carbocycles. The van der Waals surface area contributed by atoms with Crippen LogP contribution in [0.5, 0.6) is 0 Å². The number of fused-ring (bicyclic) bond motifs is 1. The first-order valence-corrected chi connectivity index (χ1v) is 6.89. The fourth-order valence-electron chi connectivity index (χ4n) is 2.45. The molecule has 1 aromatic heterocycles. The van der Waals surface area contributed by atoms with E-state index in [9.17, 15) is 0 Å². The highest BCUT2D eigenvalue weighted by atomic mass is 35.5. The second-order valence-corrected chi connectivity index (χ2v) is 5.20. The summed E-state index contributed by atoms with van der Waals surface area (Å²) < 4.78 is 5.57. The number of aromatic nitrogens is 2. The van der Waals surface area contributed by atoms with Crippen LogP contribution in [0.15, 0.2) is 24.3 Å². The van der Waals surface area contributed by atoms with E-state index >= 15 is 0 Å². The topological polar surface area (TPSA) is 47.0 Å². The van der Waals surface area contributed by atoms with Crippen molar-refractivity contribution in [2.75, 3.05) is 18.5 Å². The zero-order valence-electron chi connectivity index (χ0n) is 10.8. The molecule has 2 aromatic rings. The quantitative estimate of drug-likeness (QED) is 0.876. The Bertz CT molecular complexity index is 590. The van der Waals surface area contributed by atoms with Gasteiger partial charge in [0.15, 0.2) is 0 Å². The first-order chi connectivity index (χ1) is 9.24. The number of nitrogens with zero attached hydrogens (tertiary/aromatic N) is 2. The Morgan fingerprint density at radius 3 is 3.00 bits per heavy atom. The Morgan fingerprint density at radius 2 is 2.21 bits per heavy atom. The molecule has 0 bridgehead atoms. The third-order valence-corrected chi connectivity index (χ3v) is 3.81. The first-order valence-electron chi connectivity index (χ1n) is 6.52. The molecule has 1 fully saturated rings.